The van der Waals surface area contributed by atoms with Crippen LogP contribution >= 0.6 is 0 Å². The number of fused-ring (bicyclic) bond motifs is 1. The van der Waals surface area contributed by atoms with Gasteiger partial charge in [-0.2, -0.15) is 5.10 Å². The predicted octanol–water partition coefficient (Wildman–Crippen LogP) is 2.57. The average Bonchev–Trinajstić information content (AvgIpc) is 3.19. The van der Waals surface area contributed by atoms with Crippen molar-refractivity contribution in [3.63, 3.8) is 0 Å². The fourth-order valence-corrected chi connectivity index (χ4v) is 4.45. The Morgan fingerprint density at radius 2 is 1.93 bits per heavy atom. The molecule has 6 nitrogen and oxygen atoms in total. The van der Waals surface area contributed by atoms with Gasteiger partial charge in [-0.3, -0.25) is 14.5 Å². The third-order valence-electron chi connectivity index (χ3n) is 6.27. The average molecular weight is 406 g/mol. The molecule has 1 aromatic heterocycles. The molecule has 1 unspecified atom stereocenters. The van der Waals surface area contributed by atoms with Gasteiger partial charge in [-0.25, -0.2) is 9.49 Å². The number of rotatable bonds is 4. The summed E-state index contributed by atoms with van der Waals surface area (Å²) in [5.41, 5.74) is 1.33. The van der Waals surface area contributed by atoms with Gasteiger partial charge >= 0.3 is 0 Å². The van der Waals surface area contributed by atoms with E-state index >= 15 is 0 Å². The van der Waals surface area contributed by atoms with E-state index in [1.165, 1.54) is 12.5 Å². The topological polar surface area (TPSA) is 69.3 Å². The molecule has 3 aromatic rings. The van der Waals surface area contributed by atoms with E-state index in [-0.39, 0.29) is 17.0 Å². The minimum atomic E-state index is -0.504. The zero-order valence-electron chi connectivity index (χ0n) is 16.6. The molecular formula is C23H23FN4O2. The lowest BCUT2D eigenvalue weighted by Gasteiger charge is -2.36. The Bertz CT molecular complexity index is 1170. The van der Waals surface area contributed by atoms with E-state index in [1.807, 2.05) is 12.1 Å². The molecule has 154 valence electrons. The molecule has 2 fully saturated rings. The number of aromatic amines is 1. The second-order valence-electron chi connectivity index (χ2n) is 8.12. The highest BCUT2D eigenvalue weighted by Gasteiger charge is 2.33. The maximum atomic E-state index is 14.5. The van der Waals surface area contributed by atoms with Crippen LogP contribution in [0.4, 0.5) is 4.39 Å². The fraction of sp³-hybridized carbons (Fsp3) is 0.348. The third-order valence-corrected chi connectivity index (χ3v) is 6.27. The van der Waals surface area contributed by atoms with Gasteiger partial charge in [0.25, 0.3) is 11.5 Å². The van der Waals surface area contributed by atoms with Gasteiger partial charge in [0.1, 0.15) is 5.82 Å². The Balaban J connectivity index is 1.40. The van der Waals surface area contributed by atoms with Crippen LogP contribution < -0.4 is 5.56 Å². The van der Waals surface area contributed by atoms with Gasteiger partial charge in [0.05, 0.1) is 16.6 Å². The number of likely N-dealkylation sites (tertiary alicyclic amines) is 2. The van der Waals surface area contributed by atoms with Crippen molar-refractivity contribution in [1.82, 2.24) is 20.0 Å². The molecule has 7 heteroatoms. The van der Waals surface area contributed by atoms with Crippen molar-refractivity contribution in [1.29, 1.82) is 0 Å². The molecule has 0 saturated carbocycles. The quantitative estimate of drug-likeness (QED) is 0.723. The Labute approximate surface area is 173 Å². The summed E-state index contributed by atoms with van der Waals surface area (Å²) in [6.45, 7) is 3.51. The summed E-state index contributed by atoms with van der Waals surface area (Å²) < 4.78 is 14.5. The smallest absolute Gasteiger partial charge is 0.272 e. The Kier molecular flexibility index (Phi) is 4.83. The van der Waals surface area contributed by atoms with Gasteiger partial charge in [0, 0.05) is 30.9 Å². The Hall–Kier alpha value is -3.06. The second kappa shape index (κ2) is 7.65. The number of carbonyl (C=O) groups excluding carboxylic acids is 1. The second-order valence-corrected chi connectivity index (χ2v) is 8.12. The van der Waals surface area contributed by atoms with Gasteiger partial charge < -0.3 is 4.90 Å². The van der Waals surface area contributed by atoms with Crippen molar-refractivity contribution in [2.45, 2.75) is 25.3 Å². The monoisotopic (exact) mass is 406 g/mol. The first-order valence-electron chi connectivity index (χ1n) is 10.4. The van der Waals surface area contributed by atoms with Crippen LogP contribution in [-0.4, -0.2) is 58.1 Å². The number of amides is 1. The number of benzene rings is 2. The van der Waals surface area contributed by atoms with Gasteiger partial charge in [-0.1, -0.05) is 24.3 Å². The third kappa shape index (κ3) is 3.39. The predicted molar refractivity (Wildman–Crippen MR) is 112 cm³/mol. The van der Waals surface area contributed by atoms with E-state index < -0.39 is 5.82 Å². The molecule has 0 radical (unpaired) electrons. The summed E-state index contributed by atoms with van der Waals surface area (Å²) in [5, 5.41) is 8.04. The summed E-state index contributed by atoms with van der Waals surface area (Å²) in [5.74, 6) is -0.757. The van der Waals surface area contributed by atoms with Crippen LogP contribution in [0, 0.1) is 5.82 Å². The number of nitrogens with zero attached hydrogens (tertiary/aromatic N) is 3. The minimum absolute atomic E-state index is 0.102. The molecule has 30 heavy (non-hydrogen) atoms. The Morgan fingerprint density at radius 1 is 1.13 bits per heavy atom. The number of nitrogens with one attached hydrogen (secondary N) is 1. The summed E-state index contributed by atoms with van der Waals surface area (Å²) in [6.07, 6.45) is 2.56. The normalized spacial score (nSPS) is 19.2. The van der Waals surface area contributed by atoms with Crippen LogP contribution in [0.3, 0.4) is 0 Å². The number of aromatic nitrogens is 2. The van der Waals surface area contributed by atoms with Crippen LogP contribution in [0.15, 0.2) is 47.3 Å². The van der Waals surface area contributed by atoms with Crippen molar-refractivity contribution in [3.05, 3.63) is 75.5 Å². The van der Waals surface area contributed by atoms with Crippen LogP contribution in [0.1, 0.15) is 34.5 Å². The summed E-state index contributed by atoms with van der Waals surface area (Å²) in [7, 11) is 0. The van der Waals surface area contributed by atoms with Crippen molar-refractivity contribution in [2.24, 2.45) is 0 Å². The molecule has 0 aliphatic carbocycles. The van der Waals surface area contributed by atoms with Gasteiger partial charge in [0.2, 0.25) is 0 Å². The molecule has 0 bridgehead atoms. The highest BCUT2D eigenvalue weighted by atomic mass is 19.1. The molecule has 3 heterocycles. The van der Waals surface area contributed by atoms with E-state index in [1.54, 1.807) is 29.2 Å². The van der Waals surface area contributed by atoms with E-state index in [4.69, 9.17) is 0 Å². The fourth-order valence-electron chi connectivity index (χ4n) is 4.45. The van der Waals surface area contributed by atoms with Crippen molar-refractivity contribution < 1.29 is 9.18 Å². The Morgan fingerprint density at radius 3 is 2.70 bits per heavy atom. The summed E-state index contributed by atoms with van der Waals surface area (Å²) in [4.78, 5) is 29.2. The molecule has 2 aromatic carbocycles. The summed E-state index contributed by atoms with van der Waals surface area (Å²) >= 11 is 0. The molecule has 0 spiro atoms. The summed E-state index contributed by atoms with van der Waals surface area (Å²) in [6, 6.07) is 12.3. The van der Waals surface area contributed by atoms with Crippen molar-refractivity contribution in [2.75, 3.05) is 26.2 Å². The first-order chi connectivity index (χ1) is 14.6. The van der Waals surface area contributed by atoms with E-state index in [0.717, 1.165) is 30.5 Å². The number of H-pyrrole nitrogens is 1. The highest BCUT2D eigenvalue weighted by molar-refractivity contribution is 5.95. The lowest BCUT2D eigenvalue weighted by atomic mass is 10.0. The molecule has 2 aliphatic rings. The standard InChI is InChI=1S/C23H23FN4O2/c24-20-7-6-15(13-21-17-4-1-2-5-18(17)22(29)26-25-21)12-19(20)23(30)28-11-8-16(14-28)27-9-3-10-27/h1-2,4-7,12,16H,3,8-11,13-14H2,(H,26,29). The molecule has 1 amide bonds. The molecular weight excluding hydrogens is 383 g/mol. The molecule has 2 saturated heterocycles. The first kappa shape index (κ1) is 18.9. The van der Waals surface area contributed by atoms with E-state index in [0.29, 0.717) is 36.6 Å². The van der Waals surface area contributed by atoms with E-state index in [9.17, 15) is 14.0 Å². The largest absolute Gasteiger partial charge is 0.337 e. The van der Waals surface area contributed by atoms with Crippen molar-refractivity contribution >= 4 is 16.7 Å². The number of hydrogen-bond acceptors (Lipinski definition) is 4. The van der Waals surface area contributed by atoms with Gasteiger partial charge in [-0.05, 0) is 49.7 Å². The van der Waals surface area contributed by atoms with Gasteiger partial charge in [0.15, 0.2) is 0 Å². The van der Waals surface area contributed by atoms with E-state index in [2.05, 4.69) is 15.1 Å². The highest BCUT2D eigenvalue weighted by Crippen LogP contribution is 2.24. The molecule has 2 aliphatic heterocycles. The number of halogens is 1. The number of hydrogen-bond donors (Lipinski definition) is 1. The van der Waals surface area contributed by atoms with Crippen LogP contribution in [-0.2, 0) is 6.42 Å². The zero-order valence-corrected chi connectivity index (χ0v) is 16.6. The first-order valence-corrected chi connectivity index (χ1v) is 10.4. The lowest BCUT2D eigenvalue weighted by molar-refractivity contribution is 0.0747. The lowest BCUT2D eigenvalue weighted by Crippen LogP contribution is -2.46. The number of carbonyl (C=O) groups is 1. The van der Waals surface area contributed by atoms with Crippen LogP contribution in [0.5, 0.6) is 0 Å². The molecule has 1 N–H and O–H groups in total. The van der Waals surface area contributed by atoms with Crippen LogP contribution in [0.2, 0.25) is 0 Å². The molecule has 5 rings (SSSR count). The SMILES string of the molecule is O=C(c1cc(Cc2n[nH]c(=O)c3ccccc23)ccc1F)N1CCC(N2CCC2)C1. The minimum Gasteiger partial charge on any atom is -0.337 e. The van der Waals surface area contributed by atoms with Gasteiger partial charge in [-0.15, -0.1) is 0 Å². The van der Waals surface area contributed by atoms with Crippen LogP contribution in [0.25, 0.3) is 10.8 Å². The van der Waals surface area contributed by atoms with Crippen molar-refractivity contribution in [3.8, 4) is 0 Å². The maximum Gasteiger partial charge on any atom is 0.272 e. The maximum absolute atomic E-state index is 14.5. The zero-order chi connectivity index (χ0) is 20.7. The molecule has 1 atom stereocenters.